The predicted molar refractivity (Wildman–Crippen MR) is 104 cm³/mol. The van der Waals surface area contributed by atoms with Crippen LogP contribution in [0.25, 0.3) is 10.9 Å². The Morgan fingerprint density at radius 3 is 2.70 bits per heavy atom. The van der Waals surface area contributed by atoms with E-state index in [9.17, 15) is 4.79 Å². The number of nitrogens with zero attached hydrogens (tertiary/aromatic N) is 3. The number of piperidine rings is 1. The van der Waals surface area contributed by atoms with Crippen LogP contribution in [0, 0.1) is 0 Å². The Morgan fingerprint density at radius 2 is 1.96 bits per heavy atom. The molecule has 1 aromatic heterocycles. The number of amides is 1. The molecule has 0 radical (unpaired) electrons. The first-order valence-electron chi connectivity index (χ1n) is 10.0. The molecule has 1 aromatic carbocycles. The standard InChI is InChI=1S/C20H27N5O2/c1-24-14-2-3-15(24)11-13(10-14)21-20(26)19-17-12-16(4-5-18(17)22-23-19)25-6-8-27-9-7-25/h4-5,12-15H,2-3,6-11H2,1H3,(H,21,26)(H,22,23). The number of benzene rings is 1. The van der Waals surface area contributed by atoms with E-state index < -0.39 is 0 Å². The lowest BCUT2D eigenvalue weighted by atomic mass is 9.98. The number of fused-ring (bicyclic) bond motifs is 3. The minimum atomic E-state index is -0.0608. The minimum Gasteiger partial charge on any atom is -0.378 e. The second kappa shape index (κ2) is 6.80. The summed E-state index contributed by atoms with van der Waals surface area (Å²) in [6.45, 7) is 3.25. The molecule has 5 rings (SSSR count). The smallest absolute Gasteiger partial charge is 0.272 e. The van der Waals surface area contributed by atoms with Crippen molar-refractivity contribution in [3.8, 4) is 0 Å². The van der Waals surface area contributed by atoms with Gasteiger partial charge in [-0.15, -0.1) is 0 Å². The van der Waals surface area contributed by atoms with Gasteiger partial charge in [-0.3, -0.25) is 9.89 Å². The van der Waals surface area contributed by atoms with E-state index in [4.69, 9.17) is 4.74 Å². The molecule has 2 N–H and O–H groups in total. The van der Waals surface area contributed by atoms with Crippen LogP contribution < -0.4 is 10.2 Å². The van der Waals surface area contributed by atoms with Crippen LogP contribution in [-0.4, -0.2) is 72.5 Å². The molecule has 3 fully saturated rings. The second-order valence-corrected chi connectivity index (χ2v) is 8.09. The van der Waals surface area contributed by atoms with Gasteiger partial charge in [0.15, 0.2) is 5.69 Å². The number of anilines is 1. The first-order valence-corrected chi connectivity index (χ1v) is 10.0. The topological polar surface area (TPSA) is 73.5 Å². The van der Waals surface area contributed by atoms with Gasteiger partial charge in [-0.05, 0) is 50.9 Å². The van der Waals surface area contributed by atoms with E-state index in [1.165, 1.54) is 12.8 Å². The van der Waals surface area contributed by atoms with Crippen molar-refractivity contribution in [1.29, 1.82) is 0 Å². The summed E-state index contributed by atoms with van der Waals surface area (Å²) in [6.07, 6.45) is 4.59. The van der Waals surface area contributed by atoms with Crippen LogP contribution in [-0.2, 0) is 4.74 Å². The number of carbonyl (C=O) groups excluding carboxylic acids is 1. The third-order valence-corrected chi connectivity index (χ3v) is 6.57. The van der Waals surface area contributed by atoms with E-state index in [-0.39, 0.29) is 11.9 Å². The Labute approximate surface area is 159 Å². The van der Waals surface area contributed by atoms with Crippen LogP contribution in [0.1, 0.15) is 36.2 Å². The number of aromatic nitrogens is 2. The third kappa shape index (κ3) is 3.08. The molecule has 0 spiro atoms. The summed E-state index contributed by atoms with van der Waals surface area (Å²) >= 11 is 0. The highest BCUT2D eigenvalue weighted by atomic mass is 16.5. The third-order valence-electron chi connectivity index (χ3n) is 6.57. The van der Waals surface area contributed by atoms with E-state index in [0.29, 0.717) is 17.8 Å². The lowest BCUT2D eigenvalue weighted by molar-refractivity contribution is 0.0879. The summed E-state index contributed by atoms with van der Waals surface area (Å²) in [7, 11) is 2.22. The minimum absolute atomic E-state index is 0.0608. The second-order valence-electron chi connectivity index (χ2n) is 8.09. The van der Waals surface area contributed by atoms with E-state index in [1.54, 1.807) is 0 Å². The first-order chi connectivity index (χ1) is 13.2. The molecule has 144 valence electrons. The van der Waals surface area contributed by atoms with Crippen molar-refractivity contribution in [3.05, 3.63) is 23.9 Å². The highest BCUT2D eigenvalue weighted by molar-refractivity contribution is 6.05. The molecular weight excluding hydrogens is 342 g/mol. The summed E-state index contributed by atoms with van der Waals surface area (Å²) in [5, 5.41) is 11.5. The van der Waals surface area contributed by atoms with Gasteiger partial charge in [0.05, 0.1) is 18.7 Å². The average Bonchev–Trinajstić information content (AvgIpc) is 3.19. The molecule has 7 heteroatoms. The molecule has 0 saturated carbocycles. The molecule has 3 aliphatic rings. The molecule has 3 aliphatic heterocycles. The lowest BCUT2D eigenvalue weighted by Gasteiger charge is -2.36. The average molecular weight is 369 g/mol. The Balaban J connectivity index is 1.35. The summed E-state index contributed by atoms with van der Waals surface area (Å²) in [6, 6.07) is 7.65. The number of carbonyl (C=O) groups is 1. The van der Waals surface area contributed by atoms with Gasteiger partial charge < -0.3 is 19.9 Å². The maximum atomic E-state index is 13.0. The zero-order valence-corrected chi connectivity index (χ0v) is 15.8. The quantitative estimate of drug-likeness (QED) is 0.862. The summed E-state index contributed by atoms with van der Waals surface area (Å²) in [5.41, 5.74) is 2.53. The Morgan fingerprint density at radius 1 is 1.22 bits per heavy atom. The molecule has 1 amide bonds. The van der Waals surface area contributed by atoms with Crippen molar-refractivity contribution >= 4 is 22.5 Å². The number of hydrogen-bond acceptors (Lipinski definition) is 5. The van der Waals surface area contributed by atoms with Crippen molar-refractivity contribution in [2.24, 2.45) is 0 Å². The number of H-pyrrole nitrogens is 1. The van der Waals surface area contributed by atoms with Crippen LogP contribution in [0.2, 0.25) is 0 Å². The SMILES string of the molecule is CN1C2CCC1CC(NC(=O)c1n[nH]c3ccc(N4CCOCC4)cc13)C2. The van der Waals surface area contributed by atoms with Crippen LogP contribution in [0.3, 0.4) is 0 Å². The molecule has 7 nitrogen and oxygen atoms in total. The van der Waals surface area contributed by atoms with Gasteiger partial charge in [-0.25, -0.2) is 0 Å². The van der Waals surface area contributed by atoms with E-state index in [0.717, 1.165) is 55.7 Å². The fourth-order valence-corrected chi connectivity index (χ4v) is 4.98. The van der Waals surface area contributed by atoms with Crippen LogP contribution in [0.15, 0.2) is 18.2 Å². The largest absolute Gasteiger partial charge is 0.378 e. The fraction of sp³-hybridized carbons (Fsp3) is 0.600. The maximum Gasteiger partial charge on any atom is 0.272 e. The first kappa shape index (κ1) is 17.0. The van der Waals surface area contributed by atoms with Crippen molar-refractivity contribution in [2.75, 3.05) is 38.3 Å². The van der Waals surface area contributed by atoms with Gasteiger partial charge >= 0.3 is 0 Å². The number of nitrogens with one attached hydrogen (secondary N) is 2. The van der Waals surface area contributed by atoms with Crippen molar-refractivity contribution in [1.82, 2.24) is 20.4 Å². The molecular formula is C20H27N5O2. The Kier molecular flexibility index (Phi) is 4.28. The van der Waals surface area contributed by atoms with Gasteiger partial charge in [0.2, 0.25) is 0 Å². The highest BCUT2D eigenvalue weighted by Gasteiger charge is 2.39. The Bertz CT molecular complexity index is 830. The van der Waals surface area contributed by atoms with Crippen molar-refractivity contribution in [2.45, 2.75) is 43.8 Å². The van der Waals surface area contributed by atoms with Crippen LogP contribution in [0.4, 0.5) is 5.69 Å². The van der Waals surface area contributed by atoms with Gasteiger partial charge in [0.25, 0.3) is 5.91 Å². The number of morpholine rings is 1. The highest BCUT2D eigenvalue weighted by Crippen LogP contribution is 2.34. The molecule has 2 bridgehead atoms. The predicted octanol–water partition coefficient (Wildman–Crippen LogP) is 1.75. The van der Waals surface area contributed by atoms with Crippen LogP contribution >= 0.6 is 0 Å². The molecule has 2 unspecified atom stereocenters. The molecule has 2 aromatic rings. The fourth-order valence-electron chi connectivity index (χ4n) is 4.98. The number of hydrogen-bond donors (Lipinski definition) is 2. The van der Waals surface area contributed by atoms with Crippen molar-refractivity contribution < 1.29 is 9.53 Å². The van der Waals surface area contributed by atoms with Gasteiger partial charge in [-0.1, -0.05) is 0 Å². The summed E-state index contributed by atoms with van der Waals surface area (Å²) < 4.78 is 5.44. The number of rotatable bonds is 3. The maximum absolute atomic E-state index is 13.0. The van der Waals surface area contributed by atoms with Crippen molar-refractivity contribution in [3.63, 3.8) is 0 Å². The monoisotopic (exact) mass is 369 g/mol. The number of aromatic amines is 1. The molecule has 0 aliphatic carbocycles. The van der Waals surface area contributed by atoms with Crippen LogP contribution in [0.5, 0.6) is 0 Å². The summed E-state index contributed by atoms with van der Waals surface area (Å²) in [4.78, 5) is 17.7. The zero-order chi connectivity index (χ0) is 18.4. The lowest BCUT2D eigenvalue weighted by Crippen LogP contribution is -2.48. The molecule has 4 heterocycles. The molecule has 3 saturated heterocycles. The van der Waals surface area contributed by atoms with Gasteiger partial charge in [0, 0.05) is 42.3 Å². The zero-order valence-electron chi connectivity index (χ0n) is 15.8. The van der Waals surface area contributed by atoms with E-state index in [1.807, 2.05) is 6.07 Å². The molecule has 2 atom stereocenters. The normalized spacial score (nSPS) is 28.6. The van der Waals surface area contributed by atoms with E-state index in [2.05, 4.69) is 44.5 Å². The number of ether oxygens (including phenoxy) is 1. The summed E-state index contributed by atoms with van der Waals surface area (Å²) in [5.74, 6) is -0.0608. The molecule has 27 heavy (non-hydrogen) atoms. The Hall–Kier alpha value is -2.12. The van der Waals surface area contributed by atoms with Gasteiger partial charge in [0.1, 0.15) is 0 Å². The van der Waals surface area contributed by atoms with Gasteiger partial charge in [-0.2, -0.15) is 5.10 Å². The van der Waals surface area contributed by atoms with E-state index >= 15 is 0 Å².